The van der Waals surface area contributed by atoms with Gasteiger partial charge >= 0.3 is 0 Å². The lowest BCUT2D eigenvalue weighted by molar-refractivity contribution is -0.121. The van der Waals surface area contributed by atoms with Crippen molar-refractivity contribution in [3.63, 3.8) is 0 Å². The minimum Gasteiger partial charge on any atom is -0.497 e. The van der Waals surface area contributed by atoms with Crippen molar-refractivity contribution in [3.05, 3.63) is 75.8 Å². The number of ether oxygens (including phenoxy) is 1. The maximum Gasteiger partial charge on any atom is 0.227 e. The van der Waals surface area contributed by atoms with Gasteiger partial charge in [-0.2, -0.15) is 0 Å². The van der Waals surface area contributed by atoms with E-state index in [0.29, 0.717) is 16.6 Å². The van der Waals surface area contributed by atoms with Gasteiger partial charge in [-0.15, -0.1) is 0 Å². The molecule has 4 atom stereocenters. The molecule has 26 heavy (non-hydrogen) atoms. The van der Waals surface area contributed by atoms with E-state index < -0.39 is 0 Å². The maximum absolute atomic E-state index is 12.2. The first-order valence-corrected chi connectivity index (χ1v) is 9.39. The predicted molar refractivity (Wildman–Crippen MR) is 104 cm³/mol. The Morgan fingerprint density at radius 2 is 1.77 bits per heavy atom. The molecular formula is C21H19Cl2NO2. The highest BCUT2D eigenvalue weighted by Crippen LogP contribution is 2.49. The molecule has 1 amide bonds. The van der Waals surface area contributed by atoms with E-state index in [1.165, 1.54) is 5.56 Å². The maximum atomic E-state index is 12.2. The monoisotopic (exact) mass is 387 g/mol. The summed E-state index contributed by atoms with van der Waals surface area (Å²) in [4.78, 5) is 12.2. The highest BCUT2D eigenvalue weighted by Gasteiger charge is 2.44. The van der Waals surface area contributed by atoms with Crippen molar-refractivity contribution >= 4 is 29.1 Å². The molecule has 0 spiro atoms. The van der Waals surface area contributed by atoms with Gasteiger partial charge in [-0.25, -0.2) is 0 Å². The van der Waals surface area contributed by atoms with Crippen LogP contribution in [0.25, 0.3) is 0 Å². The number of methoxy groups -OCH3 is 1. The van der Waals surface area contributed by atoms with Gasteiger partial charge in [0.05, 0.1) is 13.0 Å². The fraction of sp³-hybridized carbons (Fsp3) is 0.286. The molecule has 5 heteroatoms. The summed E-state index contributed by atoms with van der Waals surface area (Å²) < 4.78 is 5.29. The van der Waals surface area contributed by atoms with Crippen molar-refractivity contribution in [1.82, 2.24) is 5.32 Å². The van der Waals surface area contributed by atoms with Crippen molar-refractivity contribution < 1.29 is 9.53 Å². The zero-order valence-corrected chi connectivity index (χ0v) is 15.8. The molecular weight excluding hydrogens is 369 g/mol. The minimum atomic E-state index is -0.0931. The van der Waals surface area contributed by atoms with E-state index in [2.05, 4.69) is 23.5 Å². The lowest BCUT2D eigenvalue weighted by atomic mass is 9.67. The Labute approximate surface area is 163 Å². The Morgan fingerprint density at radius 3 is 2.46 bits per heavy atom. The summed E-state index contributed by atoms with van der Waals surface area (Å²) in [6, 6.07) is 13.7. The molecule has 4 rings (SSSR count). The van der Waals surface area contributed by atoms with Gasteiger partial charge in [-0.05, 0) is 47.2 Å². The molecule has 1 saturated heterocycles. The van der Waals surface area contributed by atoms with E-state index in [1.807, 2.05) is 30.3 Å². The number of rotatable bonds is 3. The molecule has 2 aromatic rings. The molecule has 1 aliphatic carbocycles. The van der Waals surface area contributed by atoms with E-state index >= 15 is 0 Å². The lowest BCUT2D eigenvalue weighted by Gasteiger charge is -2.36. The van der Waals surface area contributed by atoms with Crippen LogP contribution in [0.3, 0.4) is 0 Å². The van der Waals surface area contributed by atoms with E-state index in [1.54, 1.807) is 13.2 Å². The van der Waals surface area contributed by atoms with Crippen LogP contribution in [0.5, 0.6) is 5.75 Å². The van der Waals surface area contributed by atoms with Gasteiger partial charge in [0.1, 0.15) is 5.75 Å². The van der Waals surface area contributed by atoms with E-state index in [-0.39, 0.29) is 29.6 Å². The zero-order valence-electron chi connectivity index (χ0n) is 14.3. The van der Waals surface area contributed by atoms with Gasteiger partial charge in [0.2, 0.25) is 5.91 Å². The fourth-order valence-corrected chi connectivity index (χ4v) is 4.75. The Balaban J connectivity index is 1.80. The number of carbonyl (C=O) groups excluding carboxylic acids is 1. The smallest absolute Gasteiger partial charge is 0.227 e. The quantitative estimate of drug-likeness (QED) is 0.767. The van der Waals surface area contributed by atoms with E-state index in [9.17, 15) is 4.79 Å². The molecule has 2 aliphatic rings. The third-order valence-electron chi connectivity index (χ3n) is 5.47. The third-order valence-corrected chi connectivity index (χ3v) is 6.03. The molecule has 1 fully saturated rings. The number of halogens is 2. The first kappa shape index (κ1) is 17.4. The van der Waals surface area contributed by atoms with Gasteiger partial charge in [0.15, 0.2) is 0 Å². The predicted octanol–water partition coefficient (Wildman–Crippen LogP) is 4.80. The highest BCUT2D eigenvalue weighted by atomic mass is 35.5. The summed E-state index contributed by atoms with van der Waals surface area (Å²) in [7, 11) is 1.66. The Bertz CT molecular complexity index is 863. The van der Waals surface area contributed by atoms with Crippen LogP contribution in [0.1, 0.15) is 23.0 Å². The van der Waals surface area contributed by atoms with Crippen molar-refractivity contribution in [2.45, 2.75) is 11.8 Å². The van der Waals surface area contributed by atoms with Crippen LogP contribution in [0.4, 0.5) is 0 Å². The summed E-state index contributed by atoms with van der Waals surface area (Å²) >= 11 is 12.6. The number of hydrogen-bond donors (Lipinski definition) is 1. The normalized spacial score (nSPS) is 27.1. The number of benzene rings is 2. The van der Waals surface area contributed by atoms with Crippen LogP contribution in [0, 0.1) is 11.8 Å². The molecule has 0 radical (unpaired) electrons. The van der Waals surface area contributed by atoms with Crippen molar-refractivity contribution in [1.29, 1.82) is 0 Å². The molecule has 0 unspecified atom stereocenters. The van der Waals surface area contributed by atoms with Crippen molar-refractivity contribution in [3.8, 4) is 5.75 Å². The molecule has 0 bridgehead atoms. The number of nitrogens with one attached hydrogen (secondary N) is 1. The summed E-state index contributed by atoms with van der Waals surface area (Å²) in [5.74, 6) is 1.25. The van der Waals surface area contributed by atoms with Crippen LogP contribution in [-0.4, -0.2) is 19.6 Å². The molecule has 3 nitrogen and oxygen atoms in total. The third kappa shape index (κ3) is 3.00. The van der Waals surface area contributed by atoms with Gasteiger partial charge in [0, 0.05) is 22.5 Å². The Hall–Kier alpha value is -1.97. The second-order valence-corrected chi connectivity index (χ2v) is 7.65. The van der Waals surface area contributed by atoms with Crippen LogP contribution in [-0.2, 0) is 4.79 Å². The minimum absolute atomic E-state index is 0.0853. The number of carbonyl (C=O) groups is 1. The van der Waals surface area contributed by atoms with Crippen LogP contribution in [0.2, 0.25) is 10.0 Å². The van der Waals surface area contributed by atoms with Crippen molar-refractivity contribution in [2.24, 2.45) is 11.8 Å². The van der Waals surface area contributed by atoms with Gasteiger partial charge in [-0.1, -0.05) is 53.6 Å². The van der Waals surface area contributed by atoms with Crippen LogP contribution in [0.15, 0.2) is 54.6 Å². The standard InChI is InChI=1S/C21H19Cl2NO2/c1-26-14-5-2-12(3-6-14)20-16(15-7-4-13(22)10-19(15)23)8-9-17-18(20)11-24-21(17)25/h2-10,16-18,20H,11H2,1H3,(H,24,25)/t16-,17+,18+,20-/m0/s1. The van der Waals surface area contributed by atoms with E-state index in [0.717, 1.165) is 11.3 Å². The van der Waals surface area contributed by atoms with Crippen LogP contribution < -0.4 is 10.1 Å². The van der Waals surface area contributed by atoms with Crippen molar-refractivity contribution in [2.75, 3.05) is 13.7 Å². The summed E-state index contributed by atoms with van der Waals surface area (Å²) in [5.41, 5.74) is 2.21. The average molecular weight is 388 g/mol. The molecule has 134 valence electrons. The highest BCUT2D eigenvalue weighted by molar-refractivity contribution is 6.35. The SMILES string of the molecule is COc1ccc([C@@H]2[C@@H]3CNC(=O)[C@@H]3C=C[C@H]2c2ccc(Cl)cc2Cl)cc1. The Morgan fingerprint density at radius 1 is 1.04 bits per heavy atom. The number of hydrogen-bond acceptors (Lipinski definition) is 2. The average Bonchev–Trinajstić information content (AvgIpc) is 3.02. The summed E-state index contributed by atoms with van der Waals surface area (Å²) in [5, 5.41) is 4.29. The molecule has 1 N–H and O–H groups in total. The lowest BCUT2D eigenvalue weighted by Crippen LogP contribution is -2.29. The fourth-order valence-electron chi connectivity index (χ4n) is 4.21. The number of fused-ring (bicyclic) bond motifs is 1. The number of amides is 1. The first-order chi connectivity index (χ1) is 12.6. The zero-order chi connectivity index (χ0) is 18.3. The van der Waals surface area contributed by atoms with E-state index in [4.69, 9.17) is 27.9 Å². The second-order valence-electron chi connectivity index (χ2n) is 6.81. The Kier molecular flexibility index (Phi) is 4.68. The van der Waals surface area contributed by atoms with Gasteiger partial charge in [-0.3, -0.25) is 4.79 Å². The number of allylic oxidation sites excluding steroid dienone is 1. The van der Waals surface area contributed by atoms with Gasteiger partial charge < -0.3 is 10.1 Å². The second kappa shape index (κ2) is 6.98. The molecule has 0 aromatic heterocycles. The summed E-state index contributed by atoms with van der Waals surface area (Å²) in [6.45, 7) is 0.673. The summed E-state index contributed by atoms with van der Waals surface area (Å²) in [6.07, 6.45) is 4.15. The molecule has 0 saturated carbocycles. The molecule has 2 aromatic carbocycles. The topological polar surface area (TPSA) is 38.3 Å². The molecule has 1 heterocycles. The molecule has 1 aliphatic heterocycles. The largest absolute Gasteiger partial charge is 0.497 e. The van der Waals surface area contributed by atoms with Crippen LogP contribution >= 0.6 is 23.2 Å². The first-order valence-electron chi connectivity index (χ1n) is 8.63. The van der Waals surface area contributed by atoms with Gasteiger partial charge in [0.25, 0.3) is 0 Å².